The molecule has 1 amide bonds. The summed E-state index contributed by atoms with van der Waals surface area (Å²) < 4.78 is 5.32. The molecule has 5 nitrogen and oxygen atoms in total. The van der Waals surface area contributed by atoms with Gasteiger partial charge < -0.3 is 10.1 Å². The Morgan fingerprint density at radius 1 is 1.00 bits per heavy atom. The number of morpholine rings is 1. The van der Waals surface area contributed by atoms with Crippen molar-refractivity contribution in [3.8, 4) is 0 Å². The Hall–Kier alpha value is -2.50. The summed E-state index contributed by atoms with van der Waals surface area (Å²) in [6.07, 6.45) is 0. The van der Waals surface area contributed by atoms with Crippen LogP contribution in [-0.2, 0) is 4.74 Å². The van der Waals surface area contributed by atoms with Crippen molar-refractivity contribution in [1.29, 1.82) is 0 Å². The first-order chi connectivity index (χ1) is 12.6. The smallest absolute Gasteiger partial charge is 0.252 e. The van der Waals surface area contributed by atoms with Crippen LogP contribution in [0.4, 0.5) is 0 Å². The van der Waals surface area contributed by atoms with Crippen molar-refractivity contribution in [3.05, 3.63) is 70.8 Å². The van der Waals surface area contributed by atoms with Crippen LogP contribution in [0.15, 0.2) is 48.5 Å². The van der Waals surface area contributed by atoms with E-state index in [1.165, 1.54) is 0 Å². The number of hydrogen-bond donors (Lipinski definition) is 1. The maximum atomic E-state index is 12.8. The fourth-order valence-corrected chi connectivity index (χ4v) is 2.99. The summed E-state index contributed by atoms with van der Waals surface area (Å²) in [7, 11) is 0. The average Bonchev–Trinajstić information content (AvgIpc) is 2.69. The van der Waals surface area contributed by atoms with Crippen molar-refractivity contribution in [2.45, 2.75) is 6.92 Å². The second kappa shape index (κ2) is 8.74. The number of amides is 1. The Morgan fingerprint density at radius 3 is 2.35 bits per heavy atom. The molecular weight excluding hydrogens is 328 g/mol. The zero-order valence-electron chi connectivity index (χ0n) is 15.0. The van der Waals surface area contributed by atoms with Gasteiger partial charge in [0.2, 0.25) is 0 Å². The van der Waals surface area contributed by atoms with E-state index >= 15 is 0 Å². The topological polar surface area (TPSA) is 58.6 Å². The SMILES string of the molecule is Cc1ccc(C(=O)c2ccccc2C(=O)NCCN2CCOCC2)cc1. The minimum atomic E-state index is -0.214. The molecule has 2 aromatic rings. The minimum absolute atomic E-state index is 0.135. The second-order valence-corrected chi connectivity index (χ2v) is 6.45. The lowest BCUT2D eigenvalue weighted by Gasteiger charge is -2.26. The first kappa shape index (κ1) is 18.3. The van der Waals surface area contributed by atoms with E-state index in [2.05, 4.69) is 10.2 Å². The Kier molecular flexibility index (Phi) is 6.15. The number of hydrogen-bond acceptors (Lipinski definition) is 4. The van der Waals surface area contributed by atoms with Crippen LogP contribution in [0.3, 0.4) is 0 Å². The molecule has 136 valence electrons. The molecule has 0 unspecified atom stereocenters. The summed E-state index contributed by atoms with van der Waals surface area (Å²) in [5.41, 5.74) is 2.53. The Morgan fingerprint density at radius 2 is 1.65 bits per heavy atom. The van der Waals surface area contributed by atoms with E-state index in [0.29, 0.717) is 23.2 Å². The number of ether oxygens (including phenoxy) is 1. The Balaban J connectivity index is 1.66. The molecule has 0 spiro atoms. The van der Waals surface area contributed by atoms with Crippen molar-refractivity contribution in [3.63, 3.8) is 0 Å². The molecule has 1 heterocycles. The highest BCUT2D eigenvalue weighted by Gasteiger charge is 2.18. The molecule has 1 aliphatic rings. The largest absolute Gasteiger partial charge is 0.379 e. The molecule has 0 radical (unpaired) electrons. The van der Waals surface area contributed by atoms with Gasteiger partial charge in [0, 0.05) is 37.3 Å². The fourth-order valence-electron chi connectivity index (χ4n) is 2.99. The highest BCUT2D eigenvalue weighted by Crippen LogP contribution is 2.15. The van der Waals surface area contributed by atoms with Gasteiger partial charge in [0.05, 0.1) is 18.8 Å². The molecule has 1 fully saturated rings. The fraction of sp³-hybridized carbons (Fsp3) is 0.333. The van der Waals surface area contributed by atoms with E-state index in [1.807, 2.05) is 19.1 Å². The third kappa shape index (κ3) is 4.56. The zero-order valence-corrected chi connectivity index (χ0v) is 15.0. The molecular formula is C21H24N2O3. The van der Waals surface area contributed by atoms with Crippen molar-refractivity contribution in [2.75, 3.05) is 39.4 Å². The summed E-state index contributed by atoms with van der Waals surface area (Å²) in [5.74, 6) is -0.349. The normalized spacial score (nSPS) is 14.8. The monoisotopic (exact) mass is 352 g/mol. The molecule has 0 saturated carbocycles. The molecule has 0 aromatic heterocycles. The summed E-state index contributed by atoms with van der Waals surface area (Å²) >= 11 is 0. The van der Waals surface area contributed by atoms with Crippen molar-refractivity contribution in [2.24, 2.45) is 0 Å². The summed E-state index contributed by atoms with van der Waals surface area (Å²) in [5, 5.41) is 2.93. The van der Waals surface area contributed by atoms with Gasteiger partial charge in [-0.3, -0.25) is 14.5 Å². The van der Waals surface area contributed by atoms with Gasteiger partial charge in [-0.25, -0.2) is 0 Å². The number of rotatable bonds is 6. The van der Waals surface area contributed by atoms with Gasteiger partial charge in [0.25, 0.3) is 5.91 Å². The van der Waals surface area contributed by atoms with E-state index < -0.39 is 0 Å². The van der Waals surface area contributed by atoms with E-state index in [0.717, 1.165) is 38.4 Å². The molecule has 3 rings (SSSR count). The minimum Gasteiger partial charge on any atom is -0.379 e. The van der Waals surface area contributed by atoms with Crippen LogP contribution in [-0.4, -0.2) is 56.0 Å². The molecule has 0 atom stereocenters. The molecule has 2 aromatic carbocycles. The van der Waals surface area contributed by atoms with Crippen LogP contribution in [0.25, 0.3) is 0 Å². The Bertz CT molecular complexity index is 765. The van der Waals surface area contributed by atoms with Gasteiger partial charge >= 0.3 is 0 Å². The van der Waals surface area contributed by atoms with Gasteiger partial charge in [0.1, 0.15) is 0 Å². The lowest BCUT2D eigenvalue weighted by molar-refractivity contribution is 0.0383. The maximum absolute atomic E-state index is 12.8. The number of carbonyl (C=O) groups excluding carboxylic acids is 2. The van der Waals surface area contributed by atoms with Crippen molar-refractivity contribution in [1.82, 2.24) is 10.2 Å². The van der Waals surface area contributed by atoms with Crippen molar-refractivity contribution < 1.29 is 14.3 Å². The summed E-state index contributed by atoms with van der Waals surface area (Å²) in [4.78, 5) is 27.6. The zero-order chi connectivity index (χ0) is 18.4. The van der Waals surface area contributed by atoms with E-state index in [1.54, 1.807) is 36.4 Å². The second-order valence-electron chi connectivity index (χ2n) is 6.45. The van der Waals surface area contributed by atoms with E-state index in [9.17, 15) is 9.59 Å². The van der Waals surface area contributed by atoms with E-state index in [-0.39, 0.29) is 11.7 Å². The van der Waals surface area contributed by atoms with Crippen LogP contribution >= 0.6 is 0 Å². The summed E-state index contributed by atoms with van der Waals surface area (Å²) in [6.45, 7) is 6.56. The van der Waals surface area contributed by atoms with Crippen LogP contribution in [0, 0.1) is 6.92 Å². The number of carbonyl (C=O) groups is 2. The van der Waals surface area contributed by atoms with Crippen LogP contribution < -0.4 is 5.32 Å². The maximum Gasteiger partial charge on any atom is 0.252 e. The predicted octanol–water partition coefficient (Wildman–Crippen LogP) is 2.29. The first-order valence-corrected chi connectivity index (χ1v) is 8.94. The van der Waals surface area contributed by atoms with Crippen LogP contribution in [0.5, 0.6) is 0 Å². The molecule has 1 N–H and O–H groups in total. The standard InChI is InChI=1S/C21H24N2O3/c1-16-6-8-17(9-7-16)20(24)18-4-2-3-5-19(18)21(25)22-10-11-23-12-14-26-15-13-23/h2-9H,10-15H2,1H3,(H,22,25). The molecule has 0 bridgehead atoms. The number of ketones is 1. The average molecular weight is 352 g/mol. The van der Waals surface area contributed by atoms with Gasteiger partial charge in [-0.1, -0.05) is 48.0 Å². The third-order valence-electron chi connectivity index (χ3n) is 4.55. The van der Waals surface area contributed by atoms with Gasteiger partial charge in [-0.05, 0) is 13.0 Å². The molecule has 5 heteroatoms. The molecule has 0 aliphatic carbocycles. The predicted molar refractivity (Wildman–Crippen MR) is 101 cm³/mol. The lowest BCUT2D eigenvalue weighted by Crippen LogP contribution is -2.41. The molecule has 26 heavy (non-hydrogen) atoms. The Labute approximate surface area is 154 Å². The first-order valence-electron chi connectivity index (χ1n) is 8.94. The van der Waals surface area contributed by atoms with Gasteiger partial charge in [-0.2, -0.15) is 0 Å². The lowest BCUT2D eigenvalue weighted by atomic mass is 9.97. The highest BCUT2D eigenvalue weighted by atomic mass is 16.5. The molecule has 1 aliphatic heterocycles. The number of nitrogens with zero attached hydrogens (tertiary/aromatic N) is 1. The van der Waals surface area contributed by atoms with Crippen LogP contribution in [0.1, 0.15) is 31.8 Å². The third-order valence-corrected chi connectivity index (χ3v) is 4.55. The number of aryl methyl sites for hydroxylation is 1. The van der Waals surface area contributed by atoms with E-state index in [4.69, 9.17) is 4.74 Å². The highest BCUT2D eigenvalue weighted by molar-refractivity contribution is 6.15. The molecule has 1 saturated heterocycles. The van der Waals surface area contributed by atoms with Crippen LogP contribution in [0.2, 0.25) is 0 Å². The van der Waals surface area contributed by atoms with Crippen molar-refractivity contribution >= 4 is 11.7 Å². The van der Waals surface area contributed by atoms with Gasteiger partial charge in [-0.15, -0.1) is 0 Å². The summed E-state index contributed by atoms with van der Waals surface area (Å²) in [6, 6.07) is 14.4. The number of benzene rings is 2. The van der Waals surface area contributed by atoms with Gasteiger partial charge in [0.15, 0.2) is 5.78 Å². The quantitative estimate of drug-likeness (QED) is 0.811. The number of nitrogens with one attached hydrogen (secondary N) is 1.